The number of nitrogens with zero attached hydrogens (tertiary/aromatic N) is 4. The molecule has 0 saturated carbocycles. The Morgan fingerprint density at radius 2 is 1.74 bits per heavy atom. The number of nitrogen functional groups attached to an aromatic ring is 1. The van der Waals surface area contributed by atoms with Gasteiger partial charge in [0.15, 0.2) is 0 Å². The van der Waals surface area contributed by atoms with Crippen molar-refractivity contribution in [3.63, 3.8) is 0 Å². The number of sulfonamides is 1. The Bertz CT molecular complexity index is 1330. The molecule has 3 N–H and O–H groups in total. The third-order valence-corrected chi connectivity index (χ3v) is 8.22. The summed E-state index contributed by atoms with van der Waals surface area (Å²) in [4.78, 5) is 23.9. The van der Waals surface area contributed by atoms with E-state index in [1.807, 2.05) is 19.1 Å². The fourth-order valence-corrected chi connectivity index (χ4v) is 5.74. The highest BCUT2D eigenvalue weighted by Gasteiger charge is 2.29. The first kappa shape index (κ1) is 23.7. The third kappa shape index (κ3) is 5.22. The molecule has 1 aromatic carbocycles. The molecule has 1 amide bonds. The van der Waals surface area contributed by atoms with Crippen LogP contribution in [0.1, 0.15) is 26.5 Å². The van der Waals surface area contributed by atoms with Crippen LogP contribution in [0.15, 0.2) is 54.2 Å². The number of aryl methyl sites for hydroxylation is 1. The summed E-state index contributed by atoms with van der Waals surface area (Å²) in [5.74, 6) is -0.175. The Balaban J connectivity index is 1.39. The van der Waals surface area contributed by atoms with E-state index in [-0.39, 0.29) is 24.8 Å². The molecule has 9 nitrogen and oxygen atoms in total. The predicted octanol–water partition coefficient (Wildman–Crippen LogP) is 2.56. The maximum absolute atomic E-state index is 13.1. The number of aromatic nitrogens is 2. The third-order valence-electron chi connectivity index (χ3n) is 5.46. The molecular weight excluding hydrogens is 472 g/mol. The molecule has 4 rings (SSSR count). The number of amidine groups is 1. The molecular formula is C23H24N6O3S2. The van der Waals surface area contributed by atoms with E-state index in [2.05, 4.69) is 9.97 Å². The van der Waals surface area contributed by atoms with Crippen LogP contribution in [-0.2, 0) is 10.0 Å². The van der Waals surface area contributed by atoms with Crippen LogP contribution in [0.5, 0.6) is 0 Å². The Morgan fingerprint density at radius 3 is 2.35 bits per heavy atom. The smallest absolute Gasteiger partial charge is 0.265 e. The van der Waals surface area contributed by atoms with Gasteiger partial charge in [-0.15, -0.1) is 11.3 Å². The number of carbonyl (C=O) groups excluding carboxylic acids is 1. The van der Waals surface area contributed by atoms with Gasteiger partial charge in [-0.1, -0.05) is 24.3 Å². The van der Waals surface area contributed by atoms with Crippen molar-refractivity contribution >= 4 is 39.2 Å². The Hall–Kier alpha value is -3.41. The molecule has 1 aliphatic heterocycles. The first-order valence-electron chi connectivity index (χ1n) is 10.5. The van der Waals surface area contributed by atoms with Crippen LogP contribution < -0.4 is 5.73 Å². The summed E-state index contributed by atoms with van der Waals surface area (Å²) >= 11 is 1.33. The second kappa shape index (κ2) is 9.84. The zero-order chi connectivity index (χ0) is 24.3. The summed E-state index contributed by atoms with van der Waals surface area (Å²) in [7, 11) is -3.63. The number of piperazine rings is 1. The van der Waals surface area contributed by atoms with Crippen LogP contribution in [0, 0.1) is 12.3 Å². The molecule has 3 heterocycles. The van der Waals surface area contributed by atoms with E-state index in [1.165, 1.54) is 27.1 Å². The van der Waals surface area contributed by atoms with Crippen LogP contribution in [0.4, 0.5) is 0 Å². The van der Waals surface area contributed by atoms with Crippen LogP contribution in [-0.4, -0.2) is 65.5 Å². The fourth-order valence-electron chi connectivity index (χ4n) is 3.53. The number of rotatable bonds is 6. The lowest BCUT2D eigenvalue weighted by molar-refractivity contribution is 0.0702. The fraction of sp³-hybridized carbons (Fsp3) is 0.217. The van der Waals surface area contributed by atoms with E-state index in [0.717, 1.165) is 10.6 Å². The van der Waals surface area contributed by atoms with Gasteiger partial charge in [0.2, 0.25) is 10.0 Å². The maximum atomic E-state index is 13.1. The molecule has 0 radical (unpaired) electrons. The highest BCUT2D eigenvalue weighted by Crippen LogP contribution is 2.28. The van der Waals surface area contributed by atoms with Gasteiger partial charge >= 0.3 is 0 Å². The van der Waals surface area contributed by atoms with Crippen molar-refractivity contribution < 1.29 is 13.2 Å². The minimum absolute atomic E-state index is 0.0438. The molecule has 1 fully saturated rings. The average Bonchev–Trinajstić information content (AvgIpc) is 3.25. The van der Waals surface area contributed by atoms with Gasteiger partial charge < -0.3 is 10.6 Å². The standard InChI is InChI=1S/C23H24N6O3S2/c1-16-20(33-22(27-16)19-6-9-26-10-7-19)23(30)28-11-13-29(14-12-28)34(31,32)15-8-17-2-4-18(5-3-17)21(24)25/h2-10,15H,11-14H2,1H3,(H3,24,25). The zero-order valence-corrected chi connectivity index (χ0v) is 20.1. The van der Waals surface area contributed by atoms with Crippen molar-refractivity contribution in [1.82, 2.24) is 19.2 Å². The van der Waals surface area contributed by atoms with Gasteiger partial charge in [0.1, 0.15) is 15.7 Å². The Morgan fingerprint density at radius 1 is 1.09 bits per heavy atom. The Labute approximate surface area is 202 Å². The van der Waals surface area contributed by atoms with Crippen molar-refractivity contribution in [3.8, 4) is 10.6 Å². The van der Waals surface area contributed by atoms with E-state index in [1.54, 1.807) is 41.6 Å². The monoisotopic (exact) mass is 496 g/mol. The maximum Gasteiger partial charge on any atom is 0.265 e. The average molecular weight is 497 g/mol. The van der Waals surface area contributed by atoms with Crippen LogP contribution in [0.2, 0.25) is 0 Å². The van der Waals surface area contributed by atoms with Crippen molar-refractivity contribution in [3.05, 3.63) is 75.9 Å². The molecule has 34 heavy (non-hydrogen) atoms. The van der Waals surface area contributed by atoms with Gasteiger partial charge in [-0.25, -0.2) is 13.4 Å². The molecule has 3 aromatic rings. The van der Waals surface area contributed by atoms with E-state index >= 15 is 0 Å². The summed E-state index contributed by atoms with van der Waals surface area (Å²) < 4.78 is 26.9. The number of carbonyl (C=O) groups is 1. The molecule has 176 valence electrons. The second-order valence-electron chi connectivity index (χ2n) is 7.74. The molecule has 0 aliphatic carbocycles. The molecule has 0 unspecified atom stereocenters. The minimum Gasteiger partial charge on any atom is -0.384 e. The largest absolute Gasteiger partial charge is 0.384 e. The molecule has 0 atom stereocenters. The number of nitrogens with one attached hydrogen (secondary N) is 1. The normalized spacial score (nSPS) is 15.0. The first-order valence-corrected chi connectivity index (χ1v) is 12.9. The van der Waals surface area contributed by atoms with Gasteiger partial charge in [-0.2, -0.15) is 4.31 Å². The van der Waals surface area contributed by atoms with Crippen LogP contribution in [0.3, 0.4) is 0 Å². The molecule has 11 heteroatoms. The van der Waals surface area contributed by atoms with E-state index in [4.69, 9.17) is 11.1 Å². The summed E-state index contributed by atoms with van der Waals surface area (Å²) in [6.07, 6.45) is 4.88. The zero-order valence-electron chi connectivity index (χ0n) is 18.5. The van der Waals surface area contributed by atoms with Gasteiger partial charge in [-0.3, -0.25) is 15.2 Å². The summed E-state index contributed by atoms with van der Waals surface area (Å²) in [6.45, 7) is 2.86. The molecule has 2 aromatic heterocycles. The van der Waals surface area contributed by atoms with Gasteiger partial charge in [-0.05, 0) is 30.7 Å². The number of nitrogens with two attached hydrogens (primary N) is 1. The first-order chi connectivity index (χ1) is 16.2. The lowest BCUT2D eigenvalue weighted by atomic mass is 10.1. The SMILES string of the molecule is Cc1nc(-c2ccncc2)sc1C(=O)N1CCN(S(=O)(=O)C=Cc2ccc(C(=N)N)cc2)CC1. The number of benzene rings is 1. The highest BCUT2D eigenvalue weighted by molar-refractivity contribution is 7.92. The number of hydrogen-bond acceptors (Lipinski definition) is 7. The lowest BCUT2D eigenvalue weighted by Gasteiger charge is -2.33. The predicted molar refractivity (Wildman–Crippen MR) is 133 cm³/mol. The van der Waals surface area contributed by atoms with E-state index in [9.17, 15) is 13.2 Å². The van der Waals surface area contributed by atoms with E-state index in [0.29, 0.717) is 34.8 Å². The summed E-state index contributed by atoms with van der Waals surface area (Å²) in [5.41, 5.74) is 8.27. The second-order valence-corrected chi connectivity index (χ2v) is 10.6. The quantitative estimate of drug-likeness (QED) is 0.398. The van der Waals surface area contributed by atoms with Crippen LogP contribution >= 0.6 is 11.3 Å². The van der Waals surface area contributed by atoms with Crippen LogP contribution in [0.25, 0.3) is 16.6 Å². The van der Waals surface area contributed by atoms with Crippen molar-refractivity contribution in [2.24, 2.45) is 5.73 Å². The summed E-state index contributed by atoms with van der Waals surface area (Å²) in [6, 6.07) is 10.4. The number of amides is 1. The number of pyridine rings is 1. The van der Waals surface area contributed by atoms with Crippen molar-refractivity contribution in [1.29, 1.82) is 5.41 Å². The van der Waals surface area contributed by atoms with Gasteiger partial charge in [0.05, 0.1) is 5.69 Å². The highest BCUT2D eigenvalue weighted by atomic mass is 32.2. The van der Waals surface area contributed by atoms with Crippen molar-refractivity contribution in [2.45, 2.75) is 6.92 Å². The number of hydrogen-bond donors (Lipinski definition) is 2. The molecule has 0 bridgehead atoms. The molecule has 0 spiro atoms. The van der Waals surface area contributed by atoms with Gasteiger partial charge in [0, 0.05) is 55.1 Å². The topological polar surface area (TPSA) is 133 Å². The molecule has 1 saturated heterocycles. The lowest BCUT2D eigenvalue weighted by Crippen LogP contribution is -2.50. The molecule has 1 aliphatic rings. The van der Waals surface area contributed by atoms with Crippen molar-refractivity contribution in [2.75, 3.05) is 26.2 Å². The Kier molecular flexibility index (Phi) is 6.87. The summed E-state index contributed by atoms with van der Waals surface area (Å²) in [5, 5.41) is 9.34. The van der Waals surface area contributed by atoms with Gasteiger partial charge in [0.25, 0.3) is 5.91 Å². The minimum atomic E-state index is -3.63. The van der Waals surface area contributed by atoms with E-state index < -0.39 is 10.0 Å². The number of thiazole rings is 1.